The lowest BCUT2D eigenvalue weighted by Gasteiger charge is -2.21. The summed E-state index contributed by atoms with van der Waals surface area (Å²) in [6.45, 7) is 1.95. The van der Waals surface area contributed by atoms with Crippen LogP contribution in [0.25, 0.3) is 0 Å². The molecule has 3 rings (SSSR count). The van der Waals surface area contributed by atoms with Gasteiger partial charge in [-0.3, -0.25) is 4.79 Å². The van der Waals surface area contributed by atoms with E-state index in [4.69, 9.17) is 16.3 Å². The molecule has 2 aromatic rings. The molecule has 0 spiro atoms. The summed E-state index contributed by atoms with van der Waals surface area (Å²) < 4.78 is 5.25. The molecule has 0 bridgehead atoms. The summed E-state index contributed by atoms with van der Waals surface area (Å²) in [5.41, 5.74) is 1.78. The summed E-state index contributed by atoms with van der Waals surface area (Å²) in [5, 5.41) is 3.04. The van der Waals surface area contributed by atoms with E-state index in [2.05, 4.69) is 10.3 Å². The van der Waals surface area contributed by atoms with Gasteiger partial charge in [0.1, 0.15) is 11.8 Å². The van der Waals surface area contributed by atoms with Crippen LogP contribution in [-0.2, 0) is 16.1 Å². The van der Waals surface area contributed by atoms with Crippen molar-refractivity contribution in [1.82, 2.24) is 4.98 Å². The van der Waals surface area contributed by atoms with Crippen molar-refractivity contribution >= 4 is 40.9 Å². The first-order valence-corrected chi connectivity index (χ1v) is 8.18. The average Bonchev–Trinajstić information content (AvgIpc) is 2.54. The third kappa shape index (κ3) is 3.65. The van der Waals surface area contributed by atoms with Gasteiger partial charge in [-0.1, -0.05) is 17.7 Å². The van der Waals surface area contributed by atoms with Gasteiger partial charge in [-0.05, 0) is 31.2 Å². The van der Waals surface area contributed by atoms with Gasteiger partial charge in [0.15, 0.2) is 0 Å². The number of aromatic nitrogens is 1. The standard InChI is InChI=1S/C16H13ClN2O3S/c1-9-15(20)19-12-6-11(3-4-13(12)23-9)16(21)22-8-10-2-5-14(17)18-7-10/h2-7,9H,8H2,1H3,(H,19,20). The zero-order valence-corrected chi connectivity index (χ0v) is 13.8. The number of hydrogen-bond donors (Lipinski definition) is 1. The Bertz CT molecular complexity index is 764. The van der Waals surface area contributed by atoms with Crippen LogP contribution in [0.4, 0.5) is 5.69 Å². The van der Waals surface area contributed by atoms with Crippen LogP contribution in [0.2, 0.25) is 5.15 Å². The quantitative estimate of drug-likeness (QED) is 0.679. The second kappa shape index (κ2) is 6.60. The molecule has 118 valence electrons. The monoisotopic (exact) mass is 348 g/mol. The van der Waals surface area contributed by atoms with E-state index in [9.17, 15) is 9.59 Å². The largest absolute Gasteiger partial charge is 0.457 e. The lowest BCUT2D eigenvalue weighted by molar-refractivity contribution is -0.115. The maximum Gasteiger partial charge on any atom is 0.338 e. The van der Waals surface area contributed by atoms with Crippen molar-refractivity contribution in [2.24, 2.45) is 0 Å². The molecule has 0 radical (unpaired) electrons. The molecule has 1 aromatic carbocycles. The molecule has 23 heavy (non-hydrogen) atoms. The molecule has 1 N–H and O–H groups in total. The molecular weight excluding hydrogens is 336 g/mol. The number of anilines is 1. The first-order valence-electron chi connectivity index (χ1n) is 6.92. The molecule has 2 heterocycles. The summed E-state index contributed by atoms with van der Waals surface area (Å²) in [6, 6.07) is 8.52. The van der Waals surface area contributed by atoms with E-state index in [1.54, 1.807) is 30.5 Å². The average molecular weight is 349 g/mol. The van der Waals surface area contributed by atoms with Crippen molar-refractivity contribution in [2.45, 2.75) is 23.7 Å². The normalized spacial score (nSPS) is 16.4. The Kier molecular flexibility index (Phi) is 4.54. The van der Waals surface area contributed by atoms with Crippen molar-refractivity contribution in [3.63, 3.8) is 0 Å². The number of pyridine rings is 1. The summed E-state index contributed by atoms with van der Waals surface area (Å²) in [6.07, 6.45) is 1.56. The van der Waals surface area contributed by atoms with Crippen LogP contribution in [0.1, 0.15) is 22.8 Å². The lowest BCUT2D eigenvalue weighted by atomic mass is 10.2. The van der Waals surface area contributed by atoms with Crippen LogP contribution in [0, 0.1) is 0 Å². The van der Waals surface area contributed by atoms with Crippen LogP contribution in [0.3, 0.4) is 0 Å². The Morgan fingerprint density at radius 1 is 1.39 bits per heavy atom. The fraction of sp³-hybridized carbons (Fsp3) is 0.188. The highest BCUT2D eigenvalue weighted by Crippen LogP contribution is 2.36. The van der Waals surface area contributed by atoms with E-state index >= 15 is 0 Å². The molecule has 1 aliphatic rings. The number of carbonyl (C=O) groups is 2. The van der Waals surface area contributed by atoms with Gasteiger partial charge < -0.3 is 10.1 Å². The SMILES string of the molecule is CC1Sc2ccc(C(=O)OCc3ccc(Cl)nc3)cc2NC1=O. The van der Waals surface area contributed by atoms with Crippen LogP contribution in [0.15, 0.2) is 41.4 Å². The smallest absolute Gasteiger partial charge is 0.338 e. The van der Waals surface area contributed by atoms with Gasteiger partial charge in [-0.2, -0.15) is 0 Å². The molecule has 0 saturated heterocycles. The Labute approximate surface area is 142 Å². The second-order valence-corrected chi connectivity index (χ2v) is 6.80. The van der Waals surface area contributed by atoms with Crippen molar-refractivity contribution in [3.05, 3.63) is 52.8 Å². The van der Waals surface area contributed by atoms with Crippen molar-refractivity contribution in [1.29, 1.82) is 0 Å². The van der Waals surface area contributed by atoms with Gasteiger partial charge >= 0.3 is 5.97 Å². The first kappa shape index (κ1) is 15.8. The van der Waals surface area contributed by atoms with Gasteiger partial charge in [0, 0.05) is 16.7 Å². The predicted molar refractivity (Wildman–Crippen MR) is 88.8 cm³/mol. The third-order valence-corrected chi connectivity index (χ3v) is 4.71. The number of esters is 1. The molecule has 1 unspecified atom stereocenters. The molecular formula is C16H13ClN2O3S. The summed E-state index contributed by atoms with van der Waals surface area (Å²) in [7, 11) is 0. The first-order chi connectivity index (χ1) is 11.0. The van der Waals surface area contributed by atoms with Crippen molar-refractivity contribution < 1.29 is 14.3 Å². The second-order valence-electron chi connectivity index (χ2n) is 5.03. The number of carbonyl (C=O) groups excluding carboxylic acids is 2. The van der Waals surface area contributed by atoms with Crippen LogP contribution < -0.4 is 5.32 Å². The van der Waals surface area contributed by atoms with Gasteiger partial charge in [-0.25, -0.2) is 9.78 Å². The number of benzene rings is 1. The number of nitrogens with zero attached hydrogens (tertiary/aromatic N) is 1. The topological polar surface area (TPSA) is 68.3 Å². The Morgan fingerprint density at radius 2 is 2.22 bits per heavy atom. The highest BCUT2D eigenvalue weighted by molar-refractivity contribution is 8.00. The number of nitrogens with one attached hydrogen (secondary N) is 1. The Balaban J connectivity index is 1.69. The zero-order valence-electron chi connectivity index (χ0n) is 12.2. The highest BCUT2D eigenvalue weighted by Gasteiger charge is 2.24. The fourth-order valence-corrected chi connectivity index (χ4v) is 3.10. The summed E-state index contributed by atoms with van der Waals surface area (Å²) in [5.74, 6) is -0.527. The molecule has 7 heteroatoms. The number of hydrogen-bond acceptors (Lipinski definition) is 5. The molecule has 1 aromatic heterocycles. The van der Waals surface area contributed by atoms with E-state index < -0.39 is 5.97 Å². The molecule has 0 fully saturated rings. The van der Waals surface area contributed by atoms with Crippen molar-refractivity contribution in [3.8, 4) is 0 Å². The molecule has 1 amide bonds. The molecule has 0 aliphatic carbocycles. The summed E-state index contributed by atoms with van der Waals surface area (Å²) in [4.78, 5) is 28.7. The van der Waals surface area contributed by atoms with Gasteiger partial charge in [0.05, 0.1) is 16.5 Å². The van der Waals surface area contributed by atoms with Crippen molar-refractivity contribution in [2.75, 3.05) is 5.32 Å². The zero-order chi connectivity index (χ0) is 16.4. The lowest BCUT2D eigenvalue weighted by Crippen LogP contribution is -2.26. The van der Waals surface area contributed by atoms with E-state index in [-0.39, 0.29) is 17.8 Å². The van der Waals surface area contributed by atoms with E-state index in [1.807, 2.05) is 13.0 Å². The Morgan fingerprint density at radius 3 is 2.96 bits per heavy atom. The van der Waals surface area contributed by atoms with Gasteiger partial charge in [-0.15, -0.1) is 11.8 Å². The van der Waals surface area contributed by atoms with E-state index in [0.29, 0.717) is 16.4 Å². The molecule has 0 saturated carbocycles. The fourth-order valence-electron chi connectivity index (χ4n) is 2.06. The van der Waals surface area contributed by atoms with Crippen LogP contribution >= 0.6 is 23.4 Å². The number of amides is 1. The Hall–Kier alpha value is -2.05. The number of ether oxygens (including phenoxy) is 1. The van der Waals surface area contributed by atoms with Gasteiger partial charge in [0.2, 0.25) is 5.91 Å². The van der Waals surface area contributed by atoms with Crippen LogP contribution in [-0.4, -0.2) is 22.1 Å². The predicted octanol–water partition coefficient (Wildman–Crippen LogP) is 3.52. The third-order valence-electron chi connectivity index (χ3n) is 3.30. The molecule has 1 atom stereocenters. The minimum absolute atomic E-state index is 0.0692. The minimum Gasteiger partial charge on any atom is -0.457 e. The van der Waals surface area contributed by atoms with E-state index in [0.717, 1.165) is 10.5 Å². The molecule has 5 nitrogen and oxygen atoms in total. The summed E-state index contributed by atoms with van der Waals surface area (Å²) >= 11 is 7.17. The number of rotatable bonds is 3. The maximum atomic E-state index is 12.1. The minimum atomic E-state index is -0.458. The number of thioether (sulfide) groups is 1. The highest BCUT2D eigenvalue weighted by atomic mass is 35.5. The van der Waals surface area contributed by atoms with Gasteiger partial charge in [0.25, 0.3) is 0 Å². The number of fused-ring (bicyclic) bond motifs is 1. The van der Waals surface area contributed by atoms with E-state index in [1.165, 1.54) is 11.8 Å². The number of halogens is 1. The van der Waals surface area contributed by atoms with Crippen LogP contribution in [0.5, 0.6) is 0 Å². The molecule has 1 aliphatic heterocycles. The maximum absolute atomic E-state index is 12.1.